The number of nitrogens with zero attached hydrogens (tertiary/aromatic N) is 2. The number of hydrazine groups is 1. The summed E-state index contributed by atoms with van der Waals surface area (Å²) < 4.78 is 1.81. The minimum absolute atomic E-state index is 0.0524. The number of hydrogen-bond acceptors (Lipinski definition) is 4. The fraction of sp³-hybridized carbons (Fsp3) is 0.500. The van der Waals surface area contributed by atoms with Gasteiger partial charge in [-0.15, -0.1) is 11.3 Å². The molecule has 1 amide bonds. The van der Waals surface area contributed by atoms with Gasteiger partial charge in [0.25, 0.3) is 5.91 Å². The van der Waals surface area contributed by atoms with Crippen molar-refractivity contribution in [3.8, 4) is 0 Å². The Bertz CT molecular complexity index is 416. The Morgan fingerprint density at radius 1 is 1.35 bits per heavy atom. The van der Waals surface area contributed by atoms with Gasteiger partial charge in [-0.05, 0) is 45.0 Å². The summed E-state index contributed by atoms with van der Waals surface area (Å²) in [5, 5.41) is 1.97. The second-order valence-electron chi connectivity index (χ2n) is 3.97. The third-order valence-electron chi connectivity index (χ3n) is 2.66. The van der Waals surface area contributed by atoms with Crippen LogP contribution in [-0.2, 0) is 0 Å². The molecule has 7 heteroatoms. The van der Waals surface area contributed by atoms with Gasteiger partial charge in [0.2, 0.25) is 0 Å². The quantitative estimate of drug-likeness (QED) is 0.851. The molecule has 17 heavy (non-hydrogen) atoms. The van der Waals surface area contributed by atoms with Crippen LogP contribution in [0.15, 0.2) is 13.6 Å². The number of amides is 1. The van der Waals surface area contributed by atoms with Crippen molar-refractivity contribution in [2.24, 2.45) is 0 Å². The monoisotopic (exact) mass is 381 g/mol. The van der Waals surface area contributed by atoms with Crippen LogP contribution in [0, 0.1) is 0 Å². The van der Waals surface area contributed by atoms with Crippen LogP contribution in [0.5, 0.6) is 0 Å². The van der Waals surface area contributed by atoms with Gasteiger partial charge in [0.05, 0.1) is 13.1 Å². The van der Waals surface area contributed by atoms with E-state index in [0.29, 0.717) is 5.56 Å². The van der Waals surface area contributed by atoms with Gasteiger partial charge in [-0.3, -0.25) is 10.2 Å². The molecule has 0 unspecified atom stereocenters. The van der Waals surface area contributed by atoms with Crippen LogP contribution in [-0.4, -0.2) is 49.0 Å². The van der Waals surface area contributed by atoms with E-state index in [1.807, 2.05) is 11.1 Å². The van der Waals surface area contributed by atoms with Crippen LogP contribution < -0.4 is 5.43 Å². The van der Waals surface area contributed by atoms with E-state index in [-0.39, 0.29) is 5.91 Å². The molecule has 0 radical (unpaired) electrons. The largest absolute Gasteiger partial charge is 0.304 e. The van der Waals surface area contributed by atoms with E-state index in [1.54, 1.807) is 0 Å². The maximum Gasteiger partial charge on any atom is 0.267 e. The minimum atomic E-state index is -0.0524. The van der Waals surface area contributed by atoms with Crippen molar-refractivity contribution < 1.29 is 4.79 Å². The molecule has 0 aromatic carbocycles. The highest BCUT2D eigenvalue weighted by Gasteiger charge is 2.19. The number of nitrogens with one attached hydrogen (secondary N) is 1. The smallest absolute Gasteiger partial charge is 0.267 e. The number of piperazine rings is 1. The van der Waals surface area contributed by atoms with Crippen LogP contribution in [0.25, 0.3) is 0 Å². The molecule has 2 rings (SSSR count). The van der Waals surface area contributed by atoms with Crippen LogP contribution in [0.1, 0.15) is 10.4 Å². The van der Waals surface area contributed by atoms with Gasteiger partial charge < -0.3 is 4.90 Å². The van der Waals surface area contributed by atoms with E-state index in [4.69, 9.17) is 0 Å². The van der Waals surface area contributed by atoms with Crippen molar-refractivity contribution in [3.63, 3.8) is 0 Å². The summed E-state index contributed by atoms with van der Waals surface area (Å²) in [7, 11) is 2.09. The summed E-state index contributed by atoms with van der Waals surface area (Å²) in [5.74, 6) is -0.0524. The third kappa shape index (κ3) is 3.51. The summed E-state index contributed by atoms with van der Waals surface area (Å²) >= 11 is 8.27. The molecule has 4 nitrogen and oxygen atoms in total. The summed E-state index contributed by atoms with van der Waals surface area (Å²) in [6.45, 7) is 3.69. The highest BCUT2D eigenvalue weighted by Crippen LogP contribution is 2.31. The van der Waals surface area contributed by atoms with Gasteiger partial charge in [-0.25, -0.2) is 5.01 Å². The average Bonchev–Trinajstić information content (AvgIpc) is 2.61. The Kier molecular flexibility index (Phi) is 4.59. The number of halogens is 2. The van der Waals surface area contributed by atoms with Crippen LogP contribution in [0.3, 0.4) is 0 Å². The highest BCUT2D eigenvalue weighted by molar-refractivity contribution is 9.12. The summed E-state index contributed by atoms with van der Waals surface area (Å²) in [4.78, 5) is 14.3. The van der Waals surface area contributed by atoms with Crippen molar-refractivity contribution in [1.29, 1.82) is 0 Å². The number of rotatable bonds is 2. The fourth-order valence-corrected chi connectivity index (χ4v) is 4.41. The zero-order valence-corrected chi connectivity index (χ0v) is 13.4. The molecule has 94 valence electrons. The molecule has 0 atom stereocenters. The predicted octanol–water partition coefficient (Wildman–Crippen LogP) is 2.17. The van der Waals surface area contributed by atoms with Crippen LogP contribution in [0.2, 0.25) is 0 Å². The van der Waals surface area contributed by atoms with Gasteiger partial charge in [-0.1, -0.05) is 0 Å². The van der Waals surface area contributed by atoms with E-state index in [2.05, 4.69) is 49.2 Å². The van der Waals surface area contributed by atoms with Gasteiger partial charge in [0.1, 0.15) is 0 Å². The first-order chi connectivity index (χ1) is 8.06. The third-order valence-corrected chi connectivity index (χ3v) is 5.00. The zero-order valence-electron chi connectivity index (χ0n) is 9.37. The van der Waals surface area contributed by atoms with Gasteiger partial charge in [0.15, 0.2) is 0 Å². The molecule has 0 bridgehead atoms. The van der Waals surface area contributed by atoms with Crippen LogP contribution in [0.4, 0.5) is 0 Å². The molecule has 1 N–H and O–H groups in total. The van der Waals surface area contributed by atoms with Gasteiger partial charge in [0, 0.05) is 26.2 Å². The molecule has 1 aromatic rings. The first-order valence-electron chi connectivity index (χ1n) is 5.25. The maximum absolute atomic E-state index is 12.0. The Labute approximate surface area is 121 Å². The second-order valence-corrected chi connectivity index (χ2v) is 7.72. The molecular formula is C10H13Br2N3OS. The van der Waals surface area contributed by atoms with Crippen molar-refractivity contribution in [2.75, 3.05) is 33.2 Å². The summed E-state index contributed by atoms with van der Waals surface area (Å²) in [6.07, 6.45) is 0. The van der Waals surface area contributed by atoms with Gasteiger partial charge in [-0.2, -0.15) is 0 Å². The zero-order chi connectivity index (χ0) is 12.4. The molecule has 1 aliphatic rings. The fourth-order valence-electron chi connectivity index (χ4n) is 1.62. The summed E-state index contributed by atoms with van der Waals surface area (Å²) in [6, 6.07) is 1.83. The van der Waals surface area contributed by atoms with E-state index in [1.165, 1.54) is 11.3 Å². The summed E-state index contributed by atoms with van der Waals surface area (Å²) in [5.41, 5.74) is 3.61. The first kappa shape index (κ1) is 13.5. The van der Waals surface area contributed by atoms with E-state index in [0.717, 1.165) is 33.8 Å². The number of thiophene rings is 1. The molecule has 0 saturated carbocycles. The molecule has 1 fully saturated rings. The number of hydrogen-bond donors (Lipinski definition) is 1. The molecular weight excluding hydrogens is 370 g/mol. The first-order valence-corrected chi connectivity index (χ1v) is 7.66. The molecule has 0 aliphatic carbocycles. The van der Waals surface area contributed by atoms with Crippen molar-refractivity contribution in [3.05, 3.63) is 19.2 Å². The minimum Gasteiger partial charge on any atom is -0.304 e. The Morgan fingerprint density at radius 3 is 2.53 bits per heavy atom. The maximum atomic E-state index is 12.0. The van der Waals surface area contributed by atoms with Gasteiger partial charge >= 0.3 is 0 Å². The lowest BCUT2D eigenvalue weighted by atomic mass is 10.3. The standard InChI is InChI=1S/C10H13Br2N3OS/c1-14-2-4-15(5-3-14)13-10(16)7-6-8(11)17-9(7)12/h6H,2-5H2,1H3,(H,13,16). The number of carbonyl (C=O) groups excluding carboxylic acids is 1. The van der Waals surface area contributed by atoms with Crippen molar-refractivity contribution in [2.45, 2.75) is 0 Å². The lowest BCUT2D eigenvalue weighted by molar-refractivity contribution is 0.0662. The lowest BCUT2D eigenvalue weighted by Gasteiger charge is -2.32. The Morgan fingerprint density at radius 2 is 2.00 bits per heavy atom. The Balaban J connectivity index is 1.95. The highest BCUT2D eigenvalue weighted by atomic mass is 79.9. The number of likely N-dealkylation sites (N-methyl/N-ethyl adjacent to an activating group) is 1. The molecule has 1 aromatic heterocycles. The van der Waals surface area contributed by atoms with E-state index >= 15 is 0 Å². The molecule has 0 spiro atoms. The van der Waals surface area contributed by atoms with E-state index in [9.17, 15) is 4.79 Å². The molecule has 1 saturated heterocycles. The SMILES string of the molecule is CN1CCN(NC(=O)c2cc(Br)sc2Br)CC1. The van der Waals surface area contributed by atoms with E-state index < -0.39 is 0 Å². The topological polar surface area (TPSA) is 35.6 Å². The molecule has 2 heterocycles. The second kappa shape index (κ2) is 5.79. The van der Waals surface area contributed by atoms with Crippen molar-refractivity contribution >= 4 is 49.1 Å². The Hall–Kier alpha value is 0.0500. The number of carbonyl (C=O) groups is 1. The normalized spacial score (nSPS) is 18.3. The lowest BCUT2D eigenvalue weighted by Crippen LogP contribution is -2.52. The molecule has 1 aliphatic heterocycles. The van der Waals surface area contributed by atoms with Crippen molar-refractivity contribution in [1.82, 2.24) is 15.3 Å². The predicted molar refractivity (Wildman–Crippen MR) is 76.3 cm³/mol. The van der Waals surface area contributed by atoms with Crippen LogP contribution >= 0.6 is 43.2 Å². The average molecular weight is 383 g/mol.